The lowest BCUT2D eigenvalue weighted by Gasteiger charge is -2.08. The molecule has 0 fully saturated rings. The monoisotopic (exact) mass is 544 g/mol. The molecule has 0 aromatic heterocycles. The quantitative estimate of drug-likeness (QED) is 0.0620. The summed E-state index contributed by atoms with van der Waals surface area (Å²) >= 11 is 9.54. The zero-order valence-corrected chi connectivity index (χ0v) is 23.2. The number of esters is 1. The van der Waals surface area contributed by atoms with Gasteiger partial charge < -0.3 is 33.2 Å². The van der Waals surface area contributed by atoms with Gasteiger partial charge in [0.15, 0.2) is 0 Å². The normalized spacial score (nSPS) is 11.3. The molecule has 10 heteroatoms. The van der Waals surface area contributed by atoms with Crippen LogP contribution >= 0.6 is 24.2 Å². The van der Waals surface area contributed by atoms with Crippen molar-refractivity contribution < 1.29 is 38.0 Å². The summed E-state index contributed by atoms with van der Waals surface area (Å²) in [5.74, 6) is 0.431. The van der Waals surface area contributed by atoms with Gasteiger partial charge in [0.05, 0.1) is 72.7 Å². The van der Waals surface area contributed by atoms with E-state index in [1.807, 2.05) is 0 Å². The second kappa shape index (κ2) is 31.9. The minimum atomic E-state index is -0.446. The molecule has 0 saturated carbocycles. The van der Waals surface area contributed by atoms with Crippen molar-refractivity contribution in [1.29, 1.82) is 0 Å². The smallest absolute Gasteiger partial charge is 0.320 e. The third-order valence-corrected chi connectivity index (χ3v) is 5.44. The van der Waals surface area contributed by atoms with E-state index >= 15 is 0 Å². The zero-order valence-electron chi connectivity index (χ0n) is 21.6. The first kappa shape index (κ1) is 34.9. The van der Waals surface area contributed by atoms with Crippen molar-refractivity contribution in [2.75, 3.05) is 97.5 Å². The fourth-order valence-corrected chi connectivity index (χ4v) is 3.31. The van der Waals surface area contributed by atoms with E-state index in [-0.39, 0.29) is 12.5 Å². The Morgan fingerprint density at radius 3 is 1.14 bits per heavy atom. The van der Waals surface area contributed by atoms with Crippen LogP contribution < -0.4 is 0 Å². The number of hydrogen-bond acceptors (Lipinski definition) is 9. The summed E-state index contributed by atoms with van der Waals surface area (Å²) in [5.41, 5.74) is 0. The van der Waals surface area contributed by atoms with Crippen LogP contribution in [-0.4, -0.2) is 103 Å². The fraction of sp³-hybridized carbons (Fsp3) is 0.960. The van der Waals surface area contributed by atoms with Gasteiger partial charge in [0, 0.05) is 6.61 Å². The van der Waals surface area contributed by atoms with Crippen LogP contribution in [-0.2, 0) is 38.0 Å². The van der Waals surface area contributed by atoms with Crippen molar-refractivity contribution in [3.8, 4) is 0 Å². The average Bonchev–Trinajstić information content (AvgIpc) is 2.87. The predicted molar refractivity (Wildman–Crippen MR) is 142 cm³/mol. The molecule has 0 N–H and O–H groups in total. The lowest BCUT2D eigenvalue weighted by atomic mass is 10.1. The Kier molecular flexibility index (Phi) is 31.8. The Morgan fingerprint density at radius 2 is 0.771 bits per heavy atom. The van der Waals surface area contributed by atoms with Crippen molar-refractivity contribution in [3.05, 3.63) is 0 Å². The molecule has 0 heterocycles. The molecule has 0 unspecified atom stereocenters. The maximum atomic E-state index is 10.8. The molecule has 0 amide bonds. The van der Waals surface area contributed by atoms with Gasteiger partial charge in [-0.05, 0) is 18.6 Å². The standard InChI is InChI=1S/C25H49ClO8S/c26-24-25(27)34-22-21-33-20-19-32-18-17-31-16-15-30-14-13-29-12-11-28-10-8-6-4-2-1-3-5-7-9-23-35/h35H,1-24H2. The van der Waals surface area contributed by atoms with Gasteiger partial charge in [-0.3, -0.25) is 4.79 Å². The first-order valence-electron chi connectivity index (χ1n) is 13.1. The van der Waals surface area contributed by atoms with Crippen molar-refractivity contribution in [2.45, 2.75) is 57.8 Å². The van der Waals surface area contributed by atoms with E-state index in [1.54, 1.807) is 0 Å². The summed E-state index contributed by atoms with van der Waals surface area (Å²) in [5, 5.41) is 0. The second-order valence-electron chi connectivity index (χ2n) is 7.93. The highest BCUT2D eigenvalue weighted by Crippen LogP contribution is 2.10. The van der Waals surface area contributed by atoms with Crippen LogP contribution in [0.1, 0.15) is 57.8 Å². The van der Waals surface area contributed by atoms with Gasteiger partial charge in [0.2, 0.25) is 0 Å². The maximum Gasteiger partial charge on any atom is 0.320 e. The predicted octanol–water partition coefficient (Wildman–Crippen LogP) is 4.31. The third-order valence-electron chi connectivity index (χ3n) is 4.91. The Bertz CT molecular complexity index is 421. The molecule has 210 valence electrons. The van der Waals surface area contributed by atoms with Crippen molar-refractivity contribution >= 4 is 30.2 Å². The van der Waals surface area contributed by atoms with E-state index in [4.69, 9.17) is 44.8 Å². The van der Waals surface area contributed by atoms with Gasteiger partial charge in [-0.2, -0.15) is 12.6 Å². The number of carbonyl (C=O) groups excluding carboxylic acids is 1. The molecule has 0 atom stereocenters. The largest absolute Gasteiger partial charge is 0.462 e. The van der Waals surface area contributed by atoms with E-state index < -0.39 is 5.97 Å². The summed E-state index contributed by atoms with van der Waals surface area (Å²) in [6, 6.07) is 0. The van der Waals surface area contributed by atoms with Crippen LogP contribution in [0.15, 0.2) is 0 Å². The number of halogens is 1. The van der Waals surface area contributed by atoms with Crippen LogP contribution in [0.25, 0.3) is 0 Å². The number of unbranched alkanes of at least 4 members (excludes halogenated alkanes) is 8. The van der Waals surface area contributed by atoms with Crippen LogP contribution in [0, 0.1) is 0 Å². The molecule has 0 rings (SSSR count). The summed E-state index contributed by atoms with van der Waals surface area (Å²) in [6.45, 7) is 6.63. The fourth-order valence-electron chi connectivity index (χ4n) is 3.01. The zero-order chi connectivity index (χ0) is 25.5. The van der Waals surface area contributed by atoms with E-state index in [1.165, 1.54) is 51.4 Å². The highest BCUT2D eigenvalue weighted by Gasteiger charge is 1.99. The van der Waals surface area contributed by atoms with Crippen LogP contribution in [0.5, 0.6) is 0 Å². The van der Waals surface area contributed by atoms with E-state index in [0.29, 0.717) is 72.7 Å². The number of ether oxygens (including phenoxy) is 7. The molecular formula is C25H49ClO8S. The Hall–Kier alpha value is -0.130. The molecule has 0 radical (unpaired) electrons. The molecule has 0 bridgehead atoms. The topological polar surface area (TPSA) is 81.7 Å². The molecule has 8 nitrogen and oxygen atoms in total. The summed E-state index contributed by atoms with van der Waals surface area (Å²) in [6.07, 6.45) is 11.7. The molecule has 0 aliphatic rings. The number of rotatable bonds is 30. The Balaban J connectivity index is 3.02. The third kappa shape index (κ3) is 31.8. The lowest BCUT2D eigenvalue weighted by molar-refractivity contribution is -0.142. The van der Waals surface area contributed by atoms with Gasteiger partial charge >= 0.3 is 5.97 Å². The van der Waals surface area contributed by atoms with Gasteiger partial charge in [-0.25, -0.2) is 0 Å². The lowest BCUT2D eigenvalue weighted by Crippen LogP contribution is -2.15. The summed E-state index contributed by atoms with van der Waals surface area (Å²) in [7, 11) is 0. The molecule has 0 aliphatic heterocycles. The van der Waals surface area contributed by atoms with Crippen LogP contribution in [0.3, 0.4) is 0 Å². The minimum Gasteiger partial charge on any atom is -0.462 e. The maximum absolute atomic E-state index is 10.8. The Labute approximate surface area is 223 Å². The average molecular weight is 545 g/mol. The second-order valence-corrected chi connectivity index (χ2v) is 8.65. The van der Waals surface area contributed by atoms with Gasteiger partial charge in [-0.15, -0.1) is 11.6 Å². The molecule has 0 aliphatic carbocycles. The van der Waals surface area contributed by atoms with Crippen LogP contribution in [0.2, 0.25) is 0 Å². The molecule has 0 spiro atoms. The van der Waals surface area contributed by atoms with Gasteiger partial charge in [0.25, 0.3) is 0 Å². The first-order chi connectivity index (χ1) is 17.3. The minimum absolute atomic E-state index is 0.143. The highest BCUT2D eigenvalue weighted by atomic mass is 35.5. The molecule has 35 heavy (non-hydrogen) atoms. The highest BCUT2D eigenvalue weighted by molar-refractivity contribution is 7.80. The number of thiol groups is 1. The van der Waals surface area contributed by atoms with Crippen molar-refractivity contribution in [1.82, 2.24) is 0 Å². The van der Waals surface area contributed by atoms with Crippen LogP contribution in [0.4, 0.5) is 0 Å². The van der Waals surface area contributed by atoms with Crippen molar-refractivity contribution in [2.24, 2.45) is 0 Å². The summed E-state index contributed by atoms with van der Waals surface area (Å²) in [4.78, 5) is 10.8. The number of alkyl halides is 1. The van der Waals surface area contributed by atoms with E-state index in [0.717, 1.165) is 18.8 Å². The van der Waals surface area contributed by atoms with Gasteiger partial charge in [0.1, 0.15) is 12.5 Å². The number of carbonyl (C=O) groups is 1. The molecule has 0 saturated heterocycles. The first-order valence-corrected chi connectivity index (χ1v) is 14.3. The van der Waals surface area contributed by atoms with Gasteiger partial charge in [-0.1, -0.05) is 44.9 Å². The molecular weight excluding hydrogens is 496 g/mol. The number of hydrogen-bond donors (Lipinski definition) is 1. The summed E-state index contributed by atoms with van der Waals surface area (Å²) < 4.78 is 37.4. The Morgan fingerprint density at radius 1 is 0.457 bits per heavy atom. The van der Waals surface area contributed by atoms with E-state index in [9.17, 15) is 4.79 Å². The van der Waals surface area contributed by atoms with E-state index in [2.05, 4.69) is 12.6 Å². The van der Waals surface area contributed by atoms with Crippen molar-refractivity contribution in [3.63, 3.8) is 0 Å². The SMILES string of the molecule is O=C(CCl)OCCOCCOCCOCCOCCOCCOCCCCCCCCCCCS. The molecule has 0 aromatic carbocycles. The molecule has 0 aromatic rings.